The smallest absolute Gasteiger partial charge is 0.338 e. The number of carbonyl (C=O) groups excluding carboxylic acids is 1. The van der Waals surface area contributed by atoms with Gasteiger partial charge in [0.1, 0.15) is 30.5 Å². The molecule has 0 bridgehead atoms. The van der Waals surface area contributed by atoms with Gasteiger partial charge in [0.05, 0.1) is 13.2 Å². The third-order valence-corrected chi connectivity index (χ3v) is 3.25. The van der Waals surface area contributed by atoms with Crippen molar-refractivity contribution >= 4 is 11.9 Å². The van der Waals surface area contributed by atoms with Crippen LogP contribution in [0.15, 0.2) is 0 Å². The van der Waals surface area contributed by atoms with Crippen molar-refractivity contribution in [1.29, 1.82) is 0 Å². The van der Waals surface area contributed by atoms with Gasteiger partial charge in [0.2, 0.25) is 0 Å². The molecule has 1 fully saturated rings. The number of carbonyl (C=O) groups is 2. The van der Waals surface area contributed by atoms with Gasteiger partial charge in [0.25, 0.3) is 0 Å². The minimum atomic E-state index is -2.20. The van der Waals surface area contributed by atoms with Gasteiger partial charge in [0, 0.05) is 0 Å². The molecule has 1 heterocycles. The summed E-state index contributed by atoms with van der Waals surface area (Å²) in [6.45, 7) is -1.43. The lowest BCUT2D eigenvalue weighted by Crippen LogP contribution is -2.56. The highest BCUT2D eigenvalue weighted by Crippen LogP contribution is 2.15. The Morgan fingerprint density at radius 2 is 1.48 bits per heavy atom. The fourth-order valence-electron chi connectivity index (χ4n) is 1.65. The van der Waals surface area contributed by atoms with E-state index in [4.69, 9.17) is 51.1 Å². The lowest BCUT2D eigenvalue weighted by molar-refractivity contribution is -0.206. The Balaban J connectivity index is -0.000000398. The van der Waals surface area contributed by atoms with Crippen molar-refractivity contribution in [2.24, 2.45) is 0 Å². The Hall–Kier alpha value is -1.46. The van der Waals surface area contributed by atoms with E-state index in [1.165, 1.54) is 0 Å². The molecule has 0 aliphatic carbocycles. The second-order valence-electron chi connectivity index (χ2n) is 5.10. The molecule has 1 saturated heterocycles. The summed E-state index contributed by atoms with van der Waals surface area (Å²) in [5, 5.41) is 87.3. The molecule has 0 spiro atoms. The van der Waals surface area contributed by atoms with Crippen molar-refractivity contribution in [1.82, 2.24) is 0 Å². The minimum absolute atomic E-state index is 0. The van der Waals surface area contributed by atoms with E-state index in [1.807, 2.05) is 0 Å². The molecule has 0 aromatic rings. The Bertz CT molecular complexity index is 429. The first-order chi connectivity index (χ1) is 11.5. The summed E-state index contributed by atoms with van der Waals surface area (Å²) in [6, 6.07) is 0. The van der Waals surface area contributed by atoms with Gasteiger partial charge < -0.3 is 61.3 Å². The van der Waals surface area contributed by atoms with Crippen LogP contribution in [-0.2, 0) is 14.3 Å². The first-order valence-electron chi connectivity index (χ1n) is 6.91. The molecule has 0 aromatic heterocycles. The number of carboxylic acids is 1. The highest BCUT2D eigenvalue weighted by Gasteiger charge is 2.43. The maximum Gasteiger partial charge on any atom is 0.338 e. The first kappa shape index (κ1) is 30.3. The largest absolute Gasteiger partial charge is 0.479 e. The molecule has 164 valence electrons. The van der Waals surface area contributed by atoms with Gasteiger partial charge in [-0.1, -0.05) is 7.43 Å². The molecular weight excluding hydrogens is 380 g/mol. The van der Waals surface area contributed by atoms with Gasteiger partial charge >= 0.3 is 11.9 Å². The summed E-state index contributed by atoms with van der Waals surface area (Å²) in [5.74, 6) is -2.76. The van der Waals surface area contributed by atoms with Crippen molar-refractivity contribution < 1.29 is 70.9 Å². The van der Waals surface area contributed by atoms with E-state index in [0.29, 0.717) is 0 Å². The molecule has 1 aliphatic rings. The summed E-state index contributed by atoms with van der Waals surface area (Å²) >= 11 is 0. The molecule has 27 heavy (non-hydrogen) atoms. The second-order valence-corrected chi connectivity index (χ2v) is 5.10. The molecule has 0 aromatic carbocycles. The number of hydrogen-bond acceptors (Lipinski definition) is 12. The van der Waals surface area contributed by atoms with Crippen LogP contribution < -0.4 is 0 Å². The lowest BCUT2D eigenvalue weighted by atomic mass is 10.0. The normalized spacial score (nSPS) is 28.7. The highest BCUT2D eigenvalue weighted by atomic mass is 16.6. The van der Waals surface area contributed by atoms with Crippen LogP contribution in [0.4, 0.5) is 0 Å². The maximum atomic E-state index is 10.7. The van der Waals surface area contributed by atoms with Crippen LogP contribution >= 0.6 is 0 Å². The Kier molecular flexibility index (Phi) is 15.3. The average Bonchev–Trinajstić information content (AvgIpc) is 2.60. The van der Waals surface area contributed by atoms with Crippen LogP contribution in [0.25, 0.3) is 0 Å². The SMILES string of the molecule is C.O.O=C(O)C(O)C(O)C(O)C(O)CO.O=C1O[C@H](CO)[C@@H](O)[C@H](O)[C@H]1O. The summed E-state index contributed by atoms with van der Waals surface area (Å²) in [5.41, 5.74) is 0. The van der Waals surface area contributed by atoms with Crippen molar-refractivity contribution in [3.05, 3.63) is 0 Å². The number of aliphatic hydroxyl groups is 9. The summed E-state index contributed by atoms with van der Waals surface area (Å²) in [4.78, 5) is 20.8. The minimum Gasteiger partial charge on any atom is -0.479 e. The van der Waals surface area contributed by atoms with E-state index >= 15 is 0 Å². The average molecular weight is 408 g/mol. The second kappa shape index (κ2) is 13.7. The van der Waals surface area contributed by atoms with E-state index in [9.17, 15) is 9.59 Å². The van der Waals surface area contributed by atoms with Crippen molar-refractivity contribution in [2.45, 2.75) is 56.3 Å². The van der Waals surface area contributed by atoms with E-state index < -0.39 is 74.0 Å². The summed E-state index contributed by atoms with van der Waals surface area (Å²) in [7, 11) is 0. The summed E-state index contributed by atoms with van der Waals surface area (Å²) in [6.07, 6.45) is -13.8. The van der Waals surface area contributed by atoms with Gasteiger partial charge in [-0.15, -0.1) is 0 Å². The molecule has 14 heteroatoms. The lowest BCUT2D eigenvalue weighted by Gasteiger charge is -2.32. The maximum absolute atomic E-state index is 10.7. The number of aliphatic hydroxyl groups excluding tert-OH is 9. The van der Waals surface area contributed by atoms with E-state index in [0.717, 1.165) is 0 Å². The number of hydrogen-bond donors (Lipinski definition) is 10. The molecule has 0 amide bonds. The molecule has 14 nitrogen and oxygen atoms in total. The third-order valence-electron chi connectivity index (χ3n) is 3.25. The molecule has 1 aliphatic heterocycles. The number of rotatable bonds is 6. The topological polar surface area (TPSA) is 277 Å². The number of carboxylic acid groups (broad SMARTS) is 1. The fraction of sp³-hybridized carbons (Fsp3) is 0.846. The van der Waals surface area contributed by atoms with Gasteiger partial charge in [-0.05, 0) is 0 Å². The monoisotopic (exact) mass is 408 g/mol. The Morgan fingerprint density at radius 3 is 1.85 bits per heavy atom. The van der Waals surface area contributed by atoms with Gasteiger partial charge in [-0.3, -0.25) is 0 Å². The molecule has 12 N–H and O–H groups in total. The fourth-order valence-corrected chi connectivity index (χ4v) is 1.65. The van der Waals surface area contributed by atoms with Crippen molar-refractivity contribution in [3.63, 3.8) is 0 Å². The molecule has 1 rings (SSSR count). The van der Waals surface area contributed by atoms with E-state index in [-0.39, 0.29) is 12.9 Å². The van der Waals surface area contributed by atoms with Crippen LogP contribution in [0.3, 0.4) is 0 Å². The Morgan fingerprint density at radius 1 is 1.00 bits per heavy atom. The third kappa shape index (κ3) is 8.39. The molecule has 0 saturated carbocycles. The van der Waals surface area contributed by atoms with Crippen LogP contribution in [0, 0.1) is 0 Å². The predicted octanol–water partition coefficient (Wildman–Crippen LogP) is -6.69. The quantitative estimate of drug-likeness (QED) is 0.183. The van der Waals surface area contributed by atoms with Crippen LogP contribution in [0.2, 0.25) is 0 Å². The molecule has 8 atom stereocenters. The molecule has 4 unspecified atom stereocenters. The number of aliphatic carboxylic acids is 1. The zero-order valence-electron chi connectivity index (χ0n) is 13.2. The standard InChI is InChI=1S/C6H12O7.C6H10O6.CH4.H2O/c7-1-2(8)3(9)4(10)5(11)6(12)13;7-1-2-3(8)4(9)5(10)6(11)12-2;;/h2-5,7-11H,1H2,(H,12,13);2-5,7-10H,1H2;1H4;1H2/t;2-,3-,4+,5-;;/m.1../s1. The van der Waals surface area contributed by atoms with Crippen LogP contribution in [0.1, 0.15) is 7.43 Å². The number of esters is 1. The highest BCUT2D eigenvalue weighted by molar-refractivity contribution is 5.76. The zero-order chi connectivity index (χ0) is 19.9. The van der Waals surface area contributed by atoms with Crippen molar-refractivity contribution in [3.8, 4) is 0 Å². The number of cyclic esters (lactones) is 1. The van der Waals surface area contributed by atoms with E-state index in [2.05, 4.69) is 4.74 Å². The van der Waals surface area contributed by atoms with Gasteiger partial charge in [-0.25, -0.2) is 9.59 Å². The van der Waals surface area contributed by atoms with Crippen LogP contribution in [0.5, 0.6) is 0 Å². The summed E-state index contributed by atoms with van der Waals surface area (Å²) < 4.78 is 4.38. The predicted molar refractivity (Wildman–Crippen MR) is 84.1 cm³/mol. The van der Waals surface area contributed by atoms with Gasteiger partial charge in [0.15, 0.2) is 18.3 Å². The zero-order valence-corrected chi connectivity index (χ0v) is 13.2. The van der Waals surface area contributed by atoms with Gasteiger partial charge in [-0.2, -0.15) is 0 Å². The van der Waals surface area contributed by atoms with Crippen molar-refractivity contribution in [2.75, 3.05) is 13.2 Å². The number of ether oxygens (including phenoxy) is 1. The first-order valence-corrected chi connectivity index (χ1v) is 6.91. The van der Waals surface area contributed by atoms with E-state index in [1.54, 1.807) is 0 Å². The molecular formula is C13H28O14. The van der Waals surface area contributed by atoms with Crippen LogP contribution in [-0.4, -0.2) is 131 Å². The Labute approximate surface area is 153 Å². The molecule has 0 radical (unpaired) electrons.